The molecular formula is C13H12O4S. The van der Waals surface area contributed by atoms with Crippen LogP contribution in [0.2, 0.25) is 0 Å². The van der Waals surface area contributed by atoms with E-state index in [1.165, 1.54) is 26.2 Å². The van der Waals surface area contributed by atoms with Gasteiger partial charge in [0.15, 0.2) is 5.12 Å². The quantitative estimate of drug-likeness (QED) is 0.846. The van der Waals surface area contributed by atoms with Crippen LogP contribution in [-0.2, 0) is 4.79 Å². The number of rotatable bonds is 3. The van der Waals surface area contributed by atoms with Gasteiger partial charge < -0.3 is 9.84 Å². The van der Waals surface area contributed by atoms with E-state index in [9.17, 15) is 9.59 Å². The maximum atomic E-state index is 10.9. The molecule has 5 heteroatoms. The maximum Gasteiger partial charge on any atom is 0.335 e. The summed E-state index contributed by atoms with van der Waals surface area (Å²) in [5.41, 5.74) is 0.675. The third-order valence-corrected chi connectivity index (χ3v) is 2.66. The van der Waals surface area contributed by atoms with Crippen molar-refractivity contribution in [2.75, 3.05) is 12.9 Å². The summed E-state index contributed by atoms with van der Waals surface area (Å²) < 4.78 is 5.00. The van der Waals surface area contributed by atoms with Crippen LogP contribution < -0.4 is 4.74 Å². The number of aromatic carboxylic acids is 1. The average Bonchev–Trinajstić information content (AvgIpc) is 2.34. The molecule has 0 spiro atoms. The molecule has 0 amide bonds. The van der Waals surface area contributed by atoms with Crippen molar-refractivity contribution in [1.29, 1.82) is 0 Å². The molecule has 0 saturated heterocycles. The first-order valence-corrected chi connectivity index (χ1v) is 6.06. The van der Waals surface area contributed by atoms with E-state index >= 15 is 0 Å². The smallest absolute Gasteiger partial charge is 0.335 e. The molecule has 0 heterocycles. The number of thioether (sulfide) groups is 1. The second kappa shape index (κ2) is 6.72. The Morgan fingerprint density at radius 2 is 2.11 bits per heavy atom. The van der Waals surface area contributed by atoms with Gasteiger partial charge in [0.1, 0.15) is 5.75 Å². The van der Waals surface area contributed by atoms with Crippen molar-refractivity contribution < 1.29 is 19.4 Å². The lowest BCUT2D eigenvalue weighted by atomic mass is 10.1. The summed E-state index contributed by atoms with van der Waals surface area (Å²) in [4.78, 5) is 21.6. The molecule has 0 bridgehead atoms. The van der Waals surface area contributed by atoms with E-state index < -0.39 is 5.97 Å². The molecule has 18 heavy (non-hydrogen) atoms. The summed E-state index contributed by atoms with van der Waals surface area (Å²) in [5, 5.41) is 8.92. The van der Waals surface area contributed by atoms with Gasteiger partial charge in [0.25, 0.3) is 0 Å². The highest BCUT2D eigenvalue weighted by molar-refractivity contribution is 8.13. The van der Waals surface area contributed by atoms with Crippen LogP contribution in [0.1, 0.15) is 22.8 Å². The van der Waals surface area contributed by atoms with E-state index in [0.29, 0.717) is 17.1 Å². The number of hydrogen-bond acceptors (Lipinski definition) is 4. The first-order chi connectivity index (χ1) is 8.52. The molecule has 0 aliphatic carbocycles. The van der Waals surface area contributed by atoms with Crippen LogP contribution in [0, 0.1) is 11.8 Å². The van der Waals surface area contributed by atoms with Gasteiger partial charge in [-0.15, -0.1) is 0 Å². The molecule has 0 aliphatic rings. The SMILES string of the molecule is COc1cc(C#CCSC(C)=O)cc(C(=O)O)c1. The molecule has 0 atom stereocenters. The Kier molecular flexibility index (Phi) is 5.28. The van der Waals surface area contributed by atoms with Crippen molar-refractivity contribution in [1.82, 2.24) is 0 Å². The average molecular weight is 264 g/mol. The molecule has 1 rings (SSSR count). The van der Waals surface area contributed by atoms with Gasteiger partial charge in [-0.3, -0.25) is 4.79 Å². The summed E-state index contributed by atoms with van der Waals surface area (Å²) in [7, 11) is 1.46. The van der Waals surface area contributed by atoms with Gasteiger partial charge in [-0.1, -0.05) is 23.6 Å². The Morgan fingerprint density at radius 3 is 2.67 bits per heavy atom. The first kappa shape index (κ1) is 14.1. The monoisotopic (exact) mass is 264 g/mol. The Hall–Kier alpha value is -1.93. The maximum absolute atomic E-state index is 10.9. The minimum atomic E-state index is -1.03. The minimum Gasteiger partial charge on any atom is -0.497 e. The summed E-state index contributed by atoms with van der Waals surface area (Å²) in [6.07, 6.45) is 0. The molecule has 0 fully saturated rings. The second-order valence-corrected chi connectivity index (χ2v) is 4.49. The lowest BCUT2D eigenvalue weighted by molar-refractivity contribution is -0.109. The third-order valence-electron chi connectivity index (χ3n) is 1.97. The van der Waals surface area contributed by atoms with Crippen molar-refractivity contribution in [3.05, 3.63) is 29.3 Å². The molecular weight excluding hydrogens is 252 g/mol. The van der Waals surface area contributed by atoms with Crippen molar-refractivity contribution >= 4 is 22.8 Å². The minimum absolute atomic E-state index is 0.00108. The number of ether oxygens (including phenoxy) is 1. The van der Waals surface area contributed by atoms with Gasteiger partial charge >= 0.3 is 5.97 Å². The highest BCUT2D eigenvalue weighted by Gasteiger charge is 2.06. The fourth-order valence-corrected chi connectivity index (χ4v) is 1.54. The van der Waals surface area contributed by atoms with Gasteiger partial charge in [0, 0.05) is 12.5 Å². The van der Waals surface area contributed by atoms with Crippen molar-refractivity contribution in [3.8, 4) is 17.6 Å². The molecule has 0 saturated carbocycles. The molecule has 1 aromatic carbocycles. The zero-order valence-electron chi connectivity index (χ0n) is 10.0. The number of carboxylic acid groups (broad SMARTS) is 1. The summed E-state index contributed by atoms with van der Waals surface area (Å²) in [6.45, 7) is 1.47. The lowest BCUT2D eigenvalue weighted by Crippen LogP contribution is -1.98. The Labute approximate surface area is 109 Å². The molecule has 1 N–H and O–H groups in total. The standard InChI is InChI=1S/C13H12O4S/c1-9(14)18-5-3-4-10-6-11(13(15)16)8-12(7-10)17-2/h6-8H,5H2,1-2H3,(H,15,16). The summed E-state index contributed by atoms with van der Waals surface area (Å²) in [6, 6.07) is 4.55. The van der Waals surface area contributed by atoms with Crippen molar-refractivity contribution in [2.24, 2.45) is 0 Å². The van der Waals surface area contributed by atoms with E-state index in [0.717, 1.165) is 11.8 Å². The normalized spacial score (nSPS) is 9.22. The van der Waals surface area contributed by atoms with Gasteiger partial charge in [-0.05, 0) is 18.2 Å². The van der Waals surface area contributed by atoms with E-state index in [1.54, 1.807) is 6.07 Å². The first-order valence-electron chi connectivity index (χ1n) is 5.07. The Bertz CT molecular complexity index is 526. The number of carbonyl (C=O) groups is 2. The van der Waals surface area contributed by atoms with E-state index in [-0.39, 0.29) is 10.7 Å². The third kappa shape index (κ3) is 4.52. The lowest BCUT2D eigenvalue weighted by Gasteiger charge is -2.02. The largest absolute Gasteiger partial charge is 0.497 e. The molecule has 0 unspecified atom stereocenters. The zero-order valence-corrected chi connectivity index (χ0v) is 10.8. The van der Waals surface area contributed by atoms with E-state index in [2.05, 4.69) is 11.8 Å². The molecule has 0 aromatic heterocycles. The Balaban J connectivity index is 2.90. The number of methoxy groups -OCH3 is 1. The van der Waals surface area contributed by atoms with Gasteiger partial charge in [0.2, 0.25) is 0 Å². The molecule has 0 aliphatic heterocycles. The van der Waals surface area contributed by atoms with E-state index in [4.69, 9.17) is 9.84 Å². The highest BCUT2D eigenvalue weighted by Crippen LogP contribution is 2.16. The van der Waals surface area contributed by atoms with Gasteiger partial charge in [-0.2, -0.15) is 0 Å². The molecule has 94 valence electrons. The topological polar surface area (TPSA) is 63.6 Å². The van der Waals surface area contributed by atoms with Crippen LogP contribution in [0.25, 0.3) is 0 Å². The fourth-order valence-electron chi connectivity index (χ4n) is 1.19. The van der Waals surface area contributed by atoms with Crippen molar-refractivity contribution in [3.63, 3.8) is 0 Å². The Morgan fingerprint density at radius 1 is 1.39 bits per heavy atom. The number of carbonyl (C=O) groups excluding carboxylic acids is 1. The zero-order chi connectivity index (χ0) is 13.5. The number of carboxylic acids is 1. The highest BCUT2D eigenvalue weighted by atomic mass is 32.2. The van der Waals surface area contributed by atoms with Crippen LogP contribution >= 0.6 is 11.8 Å². The van der Waals surface area contributed by atoms with Gasteiger partial charge in [-0.25, -0.2) is 4.79 Å². The van der Waals surface area contributed by atoms with Crippen LogP contribution in [0.15, 0.2) is 18.2 Å². The summed E-state index contributed by atoms with van der Waals surface area (Å²) in [5.74, 6) is 5.39. The number of hydrogen-bond donors (Lipinski definition) is 1. The predicted octanol–water partition coefficient (Wildman–Crippen LogP) is 2.02. The predicted molar refractivity (Wildman–Crippen MR) is 70.0 cm³/mol. The van der Waals surface area contributed by atoms with Crippen LogP contribution in [-0.4, -0.2) is 29.1 Å². The fraction of sp³-hybridized carbons (Fsp3) is 0.231. The molecule has 0 radical (unpaired) electrons. The van der Waals surface area contributed by atoms with Crippen LogP contribution in [0.3, 0.4) is 0 Å². The van der Waals surface area contributed by atoms with Crippen LogP contribution in [0.4, 0.5) is 0 Å². The molecule has 4 nitrogen and oxygen atoms in total. The number of benzene rings is 1. The second-order valence-electron chi connectivity index (χ2n) is 3.34. The van der Waals surface area contributed by atoms with Crippen LogP contribution in [0.5, 0.6) is 5.75 Å². The molecule has 1 aromatic rings. The van der Waals surface area contributed by atoms with Gasteiger partial charge in [0.05, 0.1) is 18.4 Å². The van der Waals surface area contributed by atoms with Crippen molar-refractivity contribution in [2.45, 2.75) is 6.92 Å². The van der Waals surface area contributed by atoms with E-state index in [1.807, 2.05) is 0 Å². The summed E-state index contributed by atoms with van der Waals surface area (Å²) >= 11 is 1.11.